The molecule has 0 spiro atoms. The molecule has 0 saturated heterocycles. The molecule has 0 atom stereocenters. The Morgan fingerprint density at radius 2 is 0.860 bits per heavy atom. The summed E-state index contributed by atoms with van der Waals surface area (Å²) in [5.74, 6) is 0.682. The van der Waals surface area contributed by atoms with Crippen molar-refractivity contribution >= 4 is 43.9 Å². The first-order chi connectivity index (χ1) is 24.7. The number of aromatic nitrogens is 2. The van der Waals surface area contributed by atoms with Crippen molar-refractivity contribution in [3.8, 4) is 56.2 Å². The van der Waals surface area contributed by atoms with E-state index in [1.807, 2.05) is 60.7 Å². The van der Waals surface area contributed by atoms with Crippen molar-refractivity contribution in [2.45, 2.75) is 0 Å². The van der Waals surface area contributed by atoms with Crippen LogP contribution in [-0.2, 0) is 0 Å². The van der Waals surface area contributed by atoms with E-state index in [-0.39, 0.29) is 0 Å². The maximum Gasteiger partial charge on any atom is 0.160 e. The van der Waals surface area contributed by atoms with E-state index in [4.69, 9.17) is 18.8 Å². The molecule has 0 bridgehead atoms. The average Bonchev–Trinajstić information content (AvgIpc) is 3.76. The molecule has 0 aliphatic rings. The van der Waals surface area contributed by atoms with E-state index in [0.29, 0.717) is 5.82 Å². The lowest BCUT2D eigenvalue weighted by Gasteiger charge is -2.15. The van der Waals surface area contributed by atoms with Gasteiger partial charge in [-0.3, -0.25) is 0 Å². The molecule has 3 heterocycles. The molecule has 4 heteroatoms. The molecule has 0 aliphatic heterocycles. The summed E-state index contributed by atoms with van der Waals surface area (Å²) < 4.78 is 12.5. The van der Waals surface area contributed by atoms with Gasteiger partial charge in [-0.05, 0) is 70.8 Å². The van der Waals surface area contributed by atoms with E-state index in [9.17, 15) is 0 Å². The average molecular weight is 641 g/mol. The largest absolute Gasteiger partial charge is 0.456 e. The van der Waals surface area contributed by atoms with E-state index in [1.54, 1.807) is 0 Å². The summed E-state index contributed by atoms with van der Waals surface area (Å²) >= 11 is 0. The lowest BCUT2D eigenvalue weighted by atomic mass is 9.91. The Labute approximate surface area is 287 Å². The van der Waals surface area contributed by atoms with Gasteiger partial charge in [0.15, 0.2) is 5.82 Å². The highest BCUT2D eigenvalue weighted by Crippen LogP contribution is 2.40. The highest BCUT2D eigenvalue weighted by molar-refractivity contribution is 6.07. The maximum absolute atomic E-state index is 6.37. The van der Waals surface area contributed by atoms with Gasteiger partial charge in [0.25, 0.3) is 0 Å². The lowest BCUT2D eigenvalue weighted by Crippen LogP contribution is -1.97. The Kier molecular flexibility index (Phi) is 6.46. The molecule has 10 aromatic rings. The zero-order valence-electron chi connectivity index (χ0n) is 26.9. The van der Waals surface area contributed by atoms with E-state index >= 15 is 0 Å². The zero-order valence-corrected chi connectivity index (χ0v) is 26.9. The van der Waals surface area contributed by atoms with Gasteiger partial charge in [0.1, 0.15) is 22.3 Å². The molecule has 0 amide bonds. The van der Waals surface area contributed by atoms with Crippen LogP contribution >= 0.6 is 0 Å². The second kappa shape index (κ2) is 11.4. The summed E-state index contributed by atoms with van der Waals surface area (Å²) in [5.41, 5.74) is 12.5. The van der Waals surface area contributed by atoms with Crippen LogP contribution in [0.15, 0.2) is 179 Å². The minimum Gasteiger partial charge on any atom is -0.456 e. The monoisotopic (exact) mass is 640 g/mol. The Bertz CT molecular complexity index is 2810. The predicted octanol–water partition coefficient (Wildman–Crippen LogP) is 12.6. The van der Waals surface area contributed by atoms with Gasteiger partial charge >= 0.3 is 0 Å². The van der Waals surface area contributed by atoms with Crippen molar-refractivity contribution in [1.82, 2.24) is 9.97 Å². The second-order valence-electron chi connectivity index (χ2n) is 12.6. The van der Waals surface area contributed by atoms with Gasteiger partial charge in [-0.1, -0.05) is 121 Å². The quantitative estimate of drug-likeness (QED) is 0.188. The van der Waals surface area contributed by atoms with E-state index in [0.717, 1.165) is 94.2 Å². The molecule has 0 aliphatic carbocycles. The van der Waals surface area contributed by atoms with Crippen molar-refractivity contribution in [2.75, 3.05) is 0 Å². The van der Waals surface area contributed by atoms with Crippen LogP contribution in [0.5, 0.6) is 0 Å². The summed E-state index contributed by atoms with van der Waals surface area (Å²) in [6.45, 7) is 0. The van der Waals surface area contributed by atoms with Gasteiger partial charge < -0.3 is 8.83 Å². The highest BCUT2D eigenvalue weighted by atomic mass is 16.3. The number of nitrogens with zero attached hydrogens (tertiary/aromatic N) is 2. The van der Waals surface area contributed by atoms with Crippen LogP contribution in [0.3, 0.4) is 0 Å². The lowest BCUT2D eigenvalue weighted by molar-refractivity contribution is 0.668. The molecule has 10 rings (SSSR count). The standard InChI is InChI=1S/C46H28N2O2/c1-3-11-29(12-4-1)40-28-41(48-46(47-40)30-13-5-2-6-14-30)34-22-19-31(32-21-24-44-39(26-32)36-16-8-10-18-43(36)49-44)25-38(34)33-20-23-37-35-15-7-9-17-42(35)50-45(37)27-33/h1-28H. The Hall–Kier alpha value is -6.78. The Balaban J connectivity index is 1.21. The molecule has 3 aromatic heterocycles. The maximum atomic E-state index is 6.37. The third-order valence-electron chi connectivity index (χ3n) is 9.52. The van der Waals surface area contributed by atoms with Crippen molar-refractivity contribution in [2.24, 2.45) is 0 Å². The number of hydrogen-bond donors (Lipinski definition) is 0. The summed E-state index contributed by atoms with van der Waals surface area (Å²) in [7, 11) is 0. The third kappa shape index (κ3) is 4.77. The fraction of sp³-hybridized carbons (Fsp3) is 0. The molecule has 4 nitrogen and oxygen atoms in total. The van der Waals surface area contributed by atoms with Crippen LogP contribution in [0.1, 0.15) is 0 Å². The van der Waals surface area contributed by atoms with E-state index < -0.39 is 0 Å². The SMILES string of the molecule is c1ccc(-c2cc(-c3ccc(-c4ccc5oc6ccccc6c5c4)cc3-c3ccc4c(c3)oc3ccccc34)nc(-c3ccccc3)n2)cc1. The van der Waals surface area contributed by atoms with Crippen LogP contribution in [0, 0.1) is 0 Å². The molecule has 7 aromatic carbocycles. The van der Waals surface area contributed by atoms with Crippen LogP contribution in [0.25, 0.3) is 100 Å². The number of rotatable bonds is 5. The number of fused-ring (bicyclic) bond motifs is 6. The minimum atomic E-state index is 0.682. The molecule has 0 N–H and O–H groups in total. The molecular weight excluding hydrogens is 613 g/mol. The molecule has 0 radical (unpaired) electrons. The Morgan fingerprint density at radius 1 is 0.300 bits per heavy atom. The van der Waals surface area contributed by atoms with Crippen molar-refractivity contribution in [3.05, 3.63) is 170 Å². The summed E-state index contributed by atoms with van der Waals surface area (Å²) in [4.78, 5) is 10.3. The predicted molar refractivity (Wildman–Crippen MR) is 204 cm³/mol. The summed E-state index contributed by atoms with van der Waals surface area (Å²) in [5, 5.41) is 4.42. The van der Waals surface area contributed by atoms with Crippen LogP contribution in [0.2, 0.25) is 0 Å². The smallest absolute Gasteiger partial charge is 0.160 e. The van der Waals surface area contributed by atoms with Gasteiger partial charge in [-0.15, -0.1) is 0 Å². The number of para-hydroxylation sites is 2. The van der Waals surface area contributed by atoms with Crippen molar-refractivity contribution in [3.63, 3.8) is 0 Å². The van der Waals surface area contributed by atoms with Crippen LogP contribution in [0.4, 0.5) is 0 Å². The van der Waals surface area contributed by atoms with Gasteiger partial charge in [0.05, 0.1) is 11.4 Å². The summed E-state index contributed by atoms with van der Waals surface area (Å²) in [6.07, 6.45) is 0. The Morgan fingerprint density at radius 3 is 1.64 bits per heavy atom. The van der Waals surface area contributed by atoms with Gasteiger partial charge in [-0.25, -0.2) is 9.97 Å². The molecule has 0 fully saturated rings. The van der Waals surface area contributed by atoms with E-state index in [2.05, 4.69) is 109 Å². The van der Waals surface area contributed by atoms with E-state index in [1.165, 1.54) is 0 Å². The van der Waals surface area contributed by atoms with Crippen LogP contribution in [-0.4, -0.2) is 9.97 Å². The molecule has 0 unspecified atom stereocenters. The topological polar surface area (TPSA) is 52.1 Å². The number of furan rings is 2. The van der Waals surface area contributed by atoms with Crippen LogP contribution < -0.4 is 0 Å². The van der Waals surface area contributed by atoms with Gasteiger partial charge in [0, 0.05) is 38.2 Å². The fourth-order valence-electron chi connectivity index (χ4n) is 7.04. The highest BCUT2D eigenvalue weighted by Gasteiger charge is 2.18. The normalized spacial score (nSPS) is 11.6. The van der Waals surface area contributed by atoms with Gasteiger partial charge in [0.2, 0.25) is 0 Å². The number of benzene rings is 7. The first-order valence-corrected chi connectivity index (χ1v) is 16.7. The first-order valence-electron chi connectivity index (χ1n) is 16.7. The van der Waals surface area contributed by atoms with Gasteiger partial charge in [-0.2, -0.15) is 0 Å². The first kappa shape index (κ1) is 28.3. The third-order valence-corrected chi connectivity index (χ3v) is 9.52. The molecule has 0 saturated carbocycles. The molecular formula is C46H28N2O2. The second-order valence-corrected chi connectivity index (χ2v) is 12.6. The minimum absolute atomic E-state index is 0.682. The molecule has 50 heavy (non-hydrogen) atoms. The zero-order chi connectivity index (χ0) is 33.0. The van der Waals surface area contributed by atoms with Crippen molar-refractivity contribution < 1.29 is 8.83 Å². The molecule has 234 valence electrons. The van der Waals surface area contributed by atoms with Crippen molar-refractivity contribution in [1.29, 1.82) is 0 Å². The fourth-order valence-corrected chi connectivity index (χ4v) is 7.04. The number of hydrogen-bond acceptors (Lipinski definition) is 4. The summed E-state index contributed by atoms with van der Waals surface area (Å²) in [6, 6.07) is 58.6.